The van der Waals surface area contributed by atoms with Crippen molar-refractivity contribution in [3.63, 3.8) is 0 Å². The van der Waals surface area contributed by atoms with E-state index in [1.165, 1.54) is 9.80 Å². The van der Waals surface area contributed by atoms with Gasteiger partial charge in [-0.1, -0.05) is 77.9 Å². The third-order valence-corrected chi connectivity index (χ3v) is 11.6. The maximum atomic E-state index is 13.6. The summed E-state index contributed by atoms with van der Waals surface area (Å²) in [4.78, 5) is 55.8. The molecule has 7 rings (SSSR count). The first kappa shape index (κ1) is 37.3. The summed E-state index contributed by atoms with van der Waals surface area (Å²) in [6, 6.07) is 33.3. The summed E-state index contributed by atoms with van der Waals surface area (Å²) >= 11 is 0. The van der Waals surface area contributed by atoms with Gasteiger partial charge in [-0.25, -0.2) is 4.90 Å². The van der Waals surface area contributed by atoms with Gasteiger partial charge in [0.25, 0.3) is 23.6 Å². The molecule has 2 aliphatic rings. The molecule has 5 aromatic rings. The summed E-state index contributed by atoms with van der Waals surface area (Å²) in [6.07, 6.45) is 1.57. The van der Waals surface area contributed by atoms with Crippen LogP contribution in [0.1, 0.15) is 126 Å². The van der Waals surface area contributed by atoms with Gasteiger partial charge in [-0.05, 0) is 122 Å². The zero-order valence-corrected chi connectivity index (χ0v) is 32.7. The Hall–Kier alpha value is -6.02. The van der Waals surface area contributed by atoms with Gasteiger partial charge in [-0.3, -0.25) is 24.1 Å². The number of rotatable bonds is 11. The van der Waals surface area contributed by atoms with Crippen LogP contribution in [0.3, 0.4) is 0 Å². The largest absolute Gasteiger partial charge is 0.457 e. The average molecular weight is 735 g/mol. The minimum absolute atomic E-state index is 0.0893. The van der Waals surface area contributed by atoms with Gasteiger partial charge in [-0.15, -0.1) is 0 Å². The van der Waals surface area contributed by atoms with E-state index < -0.39 is 5.54 Å². The molecular weight excluding hydrogens is 689 g/mol. The molecule has 0 spiro atoms. The minimum atomic E-state index is -0.584. The van der Waals surface area contributed by atoms with Crippen LogP contribution in [-0.2, 0) is 10.8 Å². The topological polar surface area (TPSA) is 93.2 Å². The van der Waals surface area contributed by atoms with E-state index >= 15 is 0 Å². The van der Waals surface area contributed by atoms with Crippen LogP contribution in [0, 0.1) is 0 Å². The van der Waals surface area contributed by atoms with E-state index in [4.69, 9.17) is 9.47 Å². The molecule has 0 fully saturated rings. The molecule has 55 heavy (non-hydrogen) atoms. The van der Waals surface area contributed by atoms with Gasteiger partial charge < -0.3 is 9.47 Å². The van der Waals surface area contributed by atoms with Gasteiger partial charge in [0.15, 0.2) is 0 Å². The summed E-state index contributed by atoms with van der Waals surface area (Å²) in [5, 5.41) is 0. The number of ether oxygens (including phenoxy) is 2. The lowest BCUT2D eigenvalue weighted by atomic mass is 9.78. The number of fused-ring (bicyclic) bond motifs is 2. The number of carbonyl (C=O) groups is 4. The molecule has 0 radical (unpaired) electrons. The lowest BCUT2D eigenvalue weighted by Gasteiger charge is -2.32. The number of hydrogen-bond donors (Lipinski definition) is 0. The van der Waals surface area contributed by atoms with E-state index in [2.05, 4.69) is 34.6 Å². The van der Waals surface area contributed by atoms with Gasteiger partial charge in [0.1, 0.15) is 23.0 Å². The lowest BCUT2D eigenvalue weighted by molar-refractivity contribution is 0.0474. The molecule has 2 aliphatic heterocycles. The minimum Gasteiger partial charge on any atom is -0.457 e. The maximum Gasteiger partial charge on any atom is 0.266 e. The molecule has 0 bridgehead atoms. The number of carbonyl (C=O) groups excluding carboxylic acids is 4. The molecule has 0 saturated heterocycles. The molecule has 280 valence electrons. The van der Waals surface area contributed by atoms with Crippen molar-refractivity contribution in [2.75, 3.05) is 4.90 Å². The van der Waals surface area contributed by atoms with Crippen LogP contribution in [0.25, 0.3) is 0 Å². The molecular formula is C47H46N2O6. The predicted octanol–water partition coefficient (Wildman–Crippen LogP) is 10.9. The molecule has 0 N–H and O–H groups in total. The van der Waals surface area contributed by atoms with Crippen molar-refractivity contribution in [3.05, 3.63) is 148 Å². The fraction of sp³-hybridized carbons (Fsp3) is 0.277. The third kappa shape index (κ3) is 6.60. The average Bonchev–Trinajstić information content (AvgIpc) is 3.58. The Morgan fingerprint density at radius 3 is 1.44 bits per heavy atom. The smallest absolute Gasteiger partial charge is 0.266 e. The Morgan fingerprint density at radius 2 is 0.927 bits per heavy atom. The van der Waals surface area contributed by atoms with Crippen molar-refractivity contribution >= 4 is 29.3 Å². The van der Waals surface area contributed by atoms with Crippen LogP contribution >= 0.6 is 0 Å². The monoisotopic (exact) mass is 734 g/mol. The van der Waals surface area contributed by atoms with Crippen molar-refractivity contribution in [3.8, 4) is 23.0 Å². The first-order valence-corrected chi connectivity index (χ1v) is 18.8. The third-order valence-electron chi connectivity index (χ3n) is 11.6. The molecule has 5 aromatic carbocycles. The first-order chi connectivity index (χ1) is 26.1. The van der Waals surface area contributed by atoms with Crippen molar-refractivity contribution in [1.82, 2.24) is 4.90 Å². The van der Waals surface area contributed by atoms with Crippen molar-refractivity contribution in [2.24, 2.45) is 0 Å². The molecule has 8 heteroatoms. The molecule has 2 heterocycles. The Bertz CT molecular complexity index is 2350. The van der Waals surface area contributed by atoms with Gasteiger partial charge in [0.2, 0.25) is 0 Å². The fourth-order valence-corrected chi connectivity index (χ4v) is 7.10. The molecule has 4 amide bonds. The molecule has 8 nitrogen and oxygen atoms in total. The Morgan fingerprint density at radius 1 is 0.473 bits per heavy atom. The molecule has 0 aliphatic carbocycles. The zero-order valence-electron chi connectivity index (χ0n) is 32.7. The standard InChI is InChI=1S/C47H46N2O6/c1-9-45(3,4)31-12-11-13-32(26-31)48-41(50)37-24-22-35(27-39(37)42(48)51)54-33-18-14-29(15-19-33)47(7,8)30-16-20-34(21-17-30)55-36-23-25-38-40(28-36)44(53)49(43(38)52)46(5,6)10-2/h11-28H,9-10H2,1-8H3. The summed E-state index contributed by atoms with van der Waals surface area (Å²) < 4.78 is 12.3. The molecule has 0 aromatic heterocycles. The Balaban J connectivity index is 1.02. The van der Waals surface area contributed by atoms with Crippen LogP contribution in [0.15, 0.2) is 109 Å². The quantitative estimate of drug-likeness (QED) is 0.125. The normalized spacial score (nSPS) is 14.4. The van der Waals surface area contributed by atoms with Gasteiger partial charge in [0.05, 0.1) is 27.9 Å². The number of hydrogen-bond acceptors (Lipinski definition) is 6. The first-order valence-electron chi connectivity index (χ1n) is 18.8. The molecule has 0 saturated carbocycles. The number of anilines is 1. The van der Waals surface area contributed by atoms with Gasteiger partial charge in [0, 0.05) is 11.0 Å². The maximum absolute atomic E-state index is 13.6. The van der Waals surface area contributed by atoms with Crippen molar-refractivity contribution in [2.45, 2.75) is 84.6 Å². The highest BCUT2D eigenvalue weighted by Gasteiger charge is 2.43. The second kappa shape index (κ2) is 13.7. The Labute approximate surface area is 322 Å². The SMILES string of the molecule is CCC(C)(C)c1cccc(N2C(=O)c3ccc(Oc4ccc(C(C)(C)c5ccc(Oc6ccc7c(c6)C(=O)N(C(C)(C)CC)C7=O)cc5)cc4)cc3C2=O)c1. The predicted molar refractivity (Wildman–Crippen MR) is 214 cm³/mol. The van der Waals surface area contributed by atoms with Crippen LogP contribution in [0.5, 0.6) is 23.0 Å². The van der Waals surface area contributed by atoms with E-state index in [-0.39, 0.29) is 34.5 Å². The zero-order chi connectivity index (χ0) is 39.4. The highest BCUT2D eigenvalue weighted by atomic mass is 16.5. The van der Waals surface area contributed by atoms with Gasteiger partial charge in [-0.2, -0.15) is 0 Å². The number of imide groups is 2. The summed E-state index contributed by atoms with van der Waals surface area (Å²) in [5.41, 5.74) is 4.15. The second-order valence-corrected chi connectivity index (χ2v) is 16.1. The van der Waals surface area contributed by atoms with Crippen LogP contribution in [-0.4, -0.2) is 34.1 Å². The van der Waals surface area contributed by atoms with E-state index in [1.54, 1.807) is 42.5 Å². The number of benzene rings is 5. The molecule has 0 unspecified atom stereocenters. The van der Waals surface area contributed by atoms with Crippen molar-refractivity contribution in [1.29, 1.82) is 0 Å². The lowest BCUT2D eigenvalue weighted by Crippen LogP contribution is -2.47. The van der Waals surface area contributed by atoms with Crippen LogP contribution < -0.4 is 14.4 Å². The van der Waals surface area contributed by atoms with Crippen molar-refractivity contribution < 1.29 is 28.7 Å². The summed E-state index contributed by atoms with van der Waals surface area (Å²) in [7, 11) is 0. The Kier molecular flexibility index (Phi) is 9.28. The van der Waals surface area contributed by atoms with E-state index in [0.717, 1.165) is 23.1 Å². The molecule has 0 atom stereocenters. The van der Waals surface area contributed by atoms with E-state index in [0.29, 0.717) is 57.4 Å². The second-order valence-electron chi connectivity index (χ2n) is 16.1. The number of amides is 4. The highest BCUT2D eigenvalue weighted by molar-refractivity contribution is 6.34. The highest BCUT2D eigenvalue weighted by Crippen LogP contribution is 2.38. The van der Waals surface area contributed by atoms with Crippen LogP contribution in [0.4, 0.5) is 5.69 Å². The summed E-state index contributed by atoms with van der Waals surface area (Å²) in [6.45, 7) is 16.4. The van der Waals surface area contributed by atoms with Crippen LogP contribution in [0.2, 0.25) is 0 Å². The van der Waals surface area contributed by atoms with E-state index in [9.17, 15) is 19.2 Å². The number of nitrogens with zero attached hydrogens (tertiary/aromatic N) is 2. The van der Waals surface area contributed by atoms with E-state index in [1.807, 2.05) is 87.5 Å². The fourth-order valence-electron chi connectivity index (χ4n) is 7.10. The van der Waals surface area contributed by atoms with Gasteiger partial charge >= 0.3 is 0 Å². The summed E-state index contributed by atoms with van der Waals surface area (Å²) in [5.74, 6) is 0.868.